The highest BCUT2D eigenvalue weighted by atomic mass is 35.5. The lowest BCUT2D eigenvalue weighted by Crippen LogP contribution is -2.29. The summed E-state index contributed by atoms with van der Waals surface area (Å²) < 4.78 is 0. The van der Waals surface area contributed by atoms with Crippen LogP contribution >= 0.6 is 22.9 Å². The number of carbonyl (C=O) groups excluding carboxylic acids is 1. The molecule has 32 heavy (non-hydrogen) atoms. The van der Waals surface area contributed by atoms with E-state index in [1.807, 2.05) is 73.0 Å². The molecule has 1 aliphatic rings. The van der Waals surface area contributed by atoms with Gasteiger partial charge in [0.15, 0.2) is 5.71 Å². The van der Waals surface area contributed by atoms with E-state index in [4.69, 9.17) is 11.6 Å². The number of anilines is 1. The van der Waals surface area contributed by atoms with Crippen LogP contribution in [0.2, 0.25) is 0 Å². The second-order valence-electron chi connectivity index (χ2n) is 6.99. The maximum Gasteiger partial charge on any atom is 0.303 e. The number of hydrogen-bond acceptors (Lipinski definition) is 6. The third kappa shape index (κ3) is 4.85. The van der Waals surface area contributed by atoms with Crippen molar-refractivity contribution >= 4 is 45.4 Å². The molecule has 0 saturated heterocycles. The molecule has 0 bridgehead atoms. The molecule has 4 rings (SSSR count). The molecule has 0 radical (unpaired) electrons. The van der Waals surface area contributed by atoms with Crippen molar-refractivity contribution < 1.29 is 4.79 Å². The molecule has 2 heterocycles. The molecule has 0 aliphatic carbocycles. The third-order valence-electron chi connectivity index (χ3n) is 4.52. The van der Waals surface area contributed by atoms with Crippen LogP contribution in [-0.4, -0.2) is 22.3 Å². The summed E-state index contributed by atoms with van der Waals surface area (Å²) in [7, 11) is 0. The zero-order valence-electron chi connectivity index (χ0n) is 17.5. The molecule has 3 aromatic rings. The Balaban J connectivity index is 1.68. The quantitative estimate of drug-likeness (QED) is 0.386. The van der Waals surface area contributed by atoms with E-state index in [2.05, 4.69) is 20.6 Å². The molecule has 1 aromatic heterocycles. The van der Waals surface area contributed by atoms with Gasteiger partial charge >= 0.3 is 5.91 Å². The zero-order chi connectivity index (χ0) is 22.5. The van der Waals surface area contributed by atoms with Crippen LogP contribution in [0.3, 0.4) is 0 Å². The van der Waals surface area contributed by atoms with Crippen LogP contribution < -0.4 is 10.4 Å². The number of halogens is 1. The monoisotopic (exact) mass is 461 g/mol. The van der Waals surface area contributed by atoms with Gasteiger partial charge in [0.05, 0.1) is 5.69 Å². The Morgan fingerprint density at radius 3 is 2.34 bits per heavy atom. The number of thiazole rings is 1. The van der Waals surface area contributed by atoms with E-state index in [9.17, 15) is 4.79 Å². The van der Waals surface area contributed by atoms with Crippen molar-refractivity contribution in [2.24, 2.45) is 10.2 Å². The minimum absolute atomic E-state index is 0.215. The minimum Gasteiger partial charge on any atom is -0.282 e. The van der Waals surface area contributed by atoms with E-state index in [0.717, 1.165) is 22.5 Å². The van der Waals surface area contributed by atoms with E-state index < -0.39 is 0 Å². The summed E-state index contributed by atoms with van der Waals surface area (Å²) in [6.07, 6.45) is 3.54. The van der Waals surface area contributed by atoms with Gasteiger partial charge in [0.1, 0.15) is 5.71 Å². The largest absolute Gasteiger partial charge is 0.303 e. The Bertz CT molecular complexity index is 1240. The maximum absolute atomic E-state index is 13.3. The molecular formula is C24H20ClN5OS. The first-order valence-corrected chi connectivity index (χ1v) is 11.1. The van der Waals surface area contributed by atoms with Gasteiger partial charge in [-0.25, -0.2) is 4.98 Å². The van der Waals surface area contributed by atoms with Gasteiger partial charge in [-0.3, -0.25) is 10.2 Å². The van der Waals surface area contributed by atoms with Crippen molar-refractivity contribution in [1.29, 1.82) is 0 Å². The molecule has 0 saturated carbocycles. The van der Waals surface area contributed by atoms with Crippen LogP contribution in [0, 0.1) is 0 Å². The van der Waals surface area contributed by atoms with Crippen LogP contribution in [0.1, 0.15) is 19.4 Å². The molecule has 0 fully saturated rings. The molecule has 1 amide bonds. The molecular weight excluding hydrogens is 442 g/mol. The van der Waals surface area contributed by atoms with Gasteiger partial charge in [-0.15, -0.1) is 11.3 Å². The van der Waals surface area contributed by atoms with Gasteiger partial charge < -0.3 is 0 Å². The molecule has 160 valence electrons. The predicted octanol–water partition coefficient (Wildman–Crippen LogP) is 5.55. The Morgan fingerprint density at radius 2 is 1.69 bits per heavy atom. The molecule has 0 atom stereocenters. The average molecular weight is 462 g/mol. The van der Waals surface area contributed by atoms with Crippen LogP contribution in [0.5, 0.6) is 0 Å². The fourth-order valence-electron chi connectivity index (χ4n) is 2.94. The van der Waals surface area contributed by atoms with E-state index >= 15 is 0 Å². The number of hydrogen-bond donors (Lipinski definition) is 1. The normalized spacial score (nSPS) is 16.0. The Hall–Kier alpha value is -3.55. The van der Waals surface area contributed by atoms with Crippen molar-refractivity contribution in [1.82, 2.24) is 10.4 Å². The minimum atomic E-state index is -0.345. The second-order valence-corrected chi connectivity index (χ2v) is 8.42. The highest BCUT2D eigenvalue weighted by Gasteiger charge is 2.35. The molecule has 0 unspecified atom stereocenters. The summed E-state index contributed by atoms with van der Waals surface area (Å²) in [4.78, 5) is 17.9. The van der Waals surface area contributed by atoms with Gasteiger partial charge in [-0.05, 0) is 26.0 Å². The lowest BCUT2D eigenvalue weighted by Gasteiger charge is -2.06. The van der Waals surface area contributed by atoms with E-state index in [-0.39, 0.29) is 11.6 Å². The summed E-state index contributed by atoms with van der Waals surface area (Å²) in [5.41, 5.74) is 6.91. The SMILES string of the molecule is C/C(Cl)=C\C=C(/C)N/N=C1/C(=O)N(c2nc(-c3ccccc3)cs2)N=C1c1ccccc1. The maximum atomic E-state index is 13.3. The van der Waals surface area contributed by atoms with Crippen molar-refractivity contribution in [3.8, 4) is 11.3 Å². The Labute approximate surface area is 195 Å². The molecule has 2 aromatic carbocycles. The number of rotatable bonds is 6. The van der Waals surface area contributed by atoms with Crippen molar-refractivity contribution in [3.63, 3.8) is 0 Å². The van der Waals surface area contributed by atoms with Crippen molar-refractivity contribution in [2.75, 3.05) is 5.01 Å². The first kappa shape index (κ1) is 21.7. The molecule has 0 spiro atoms. The second kappa shape index (κ2) is 9.72. The summed E-state index contributed by atoms with van der Waals surface area (Å²) in [5, 5.41) is 13.3. The number of nitrogens with zero attached hydrogens (tertiary/aromatic N) is 4. The highest BCUT2D eigenvalue weighted by molar-refractivity contribution is 7.14. The number of amides is 1. The van der Waals surface area contributed by atoms with Gasteiger partial charge in [0.25, 0.3) is 0 Å². The van der Waals surface area contributed by atoms with Gasteiger partial charge in [0.2, 0.25) is 5.13 Å². The highest BCUT2D eigenvalue weighted by Crippen LogP contribution is 2.30. The standard InChI is InChI=1S/C24H20ClN5OS/c1-16(25)13-14-17(2)27-28-22-21(19-11-7-4-8-12-19)29-30(23(22)31)24-26-20(15-32-24)18-9-5-3-6-10-18/h3-15,27H,1-2H3/b16-13+,17-14+,28-22+. The van der Waals surface area contributed by atoms with E-state index in [1.165, 1.54) is 16.3 Å². The Morgan fingerprint density at radius 1 is 1.03 bits per heavy atom. The number of carbonyl (C=O) groups is 1. The van der Waals surface area contributed by atoms with Crippen LogP contribution in [0.25, 0.3) is 11.3 Å². The summed E-state index contributed by atoms with van der Waals surface area (Å²) in [5.74, 6) is -0.345. The number of benzene rings is 2. The molecule has 1 aliphatic heterocycles. The number of allylic oxidation sites excluding steroid dienone is 4. The smallest absolute Gasteiger partial charge is 0.282 e. The molecule has 6 nitrogen and oxygen atoms in total. The van der Waals surface area contributed by atoms with E-state index in [0.29, 0.717) is 15.9 Å². The predicted molar refractivity (Wildman–Crippen MR) is 132 cm³/mol. The van der Waals surface area contributed by atoms with Gasteiger partial charge in [-0.2, -0.15) is 15.2 Å². The van der Waals surface area contributed by atoms with Crippen molar-refractivity contribution in [3.05, 3.63) is 94.5 Å². The van der Waals surface area contributed by atoms with Crippen LogP contribution in [-0.2, 0) is 4.79 Å². The lowest BCUT2D eigenvalue weighted by molar-refractivity contribution is -0.112. The van der Waals surface area contributed by atoms with Crippen molar-refractivity contribution in [2.45, 2.75) is 13.8 Å². The van der Waals surface area contributed by atoms with Gasteiger partial charge in [0, 0.05) is 27.2 Å². The molecule has 1 N–H and O–H groups in total. The average Bonchev–Trinajstić information content (AvgIpc) is 3.42. The summed E-state index contributed by atoms with van der Waals surface area (Å²) in [6.45, 7) is 3.62. The topological polar surface area (TPSA) is 70.0 Å². The number of hydrazone groups is 2. The fourth-order valence-corrected chi connectivity index (χ4v) is 3.78. The van der Waals surface area contributed by atoms with E-state index in [1.54, 1.807) is 19.1 Å². The first-order chi connectivity index (χ1) is 15.5. The van der Waals surface area contributed by atoms with Crippen LogP contribution in [0.15, 0.2) is 99.1 Å². The van der Waals surface area contributed by atoms with Crippen LogP contribution in [0.4, 0.5) is 5.13 Å². The summed E-state index contributed by atoms with van der Waals surface area (Å²) in [6, 6.07) is 19.3. The number of nitrogens with one attached hydrogen (secondary N) is 1. The molecule has 8 heteroatoms. The first-order valence-electron chi connectivity index (χ1n) is 9.87. The number of aromatic nitrogens is 1. The third-order valence-corrected chi connectivity index (χ3v) is 5.46. The Kier molecular flexibility index (Phi) is 6.58. The van der Waals surface area contributed by atoms with Gasteiger partial charge in [-0.1, -0.05) is 72.3 Å². The summed E-state index contributed by atoms with van der Waals surface area (Å²) >= 11 is 7.23. The zero-order valence-corrected chi connectivity index (χ0v) is 19.1. The lowest BCUT2D eigenvalue weighted by atomic mass is 10.1. The fraction of sp³-hybridized carbons (Fsp3) is 0.0833.